The number of ether oxygens (including phenoxy) is 3. The van der Waals surface area contributed by atoms with Crippen LogP contribution in [0.4, 0.5) is 0 Å². The van der Waals surface area contributed by atoms with Gasteiger partial charge in [0.1, 0.15) is 24.4 Å². The van der Waals surface area contributed by atoms with E-state index >= 15 is 0 Å². The van der Waals surface area contributed by atoms with Gasteiger partial charge >= 0.3 is 5.97 Å². The maximum atomic E-state index is 13.1. The van der Waals surface area contributed by atoms with Crippen LogP contribution in [0.2, 0.25) is 0 Å². The highest BCUT2D eigenvalue weighted by Gasteiger charge is 2.44. The van der Waals surface area contributed by atoms with E-state index in [0.29, 0.717) is 19.4 Å². The van der Waals surface area contributed by atoms with Gasteiger partial charge in [-0.1, -0.05) is 384 Å². The molecule has 1 rings (SSSR count). The zero-order chi connectivity index (χ0) is 67.2. The van der Waals surface area contributed by atoms with Crippen LogP contribution in [0.3, 0.4) is 0 Å². The summed E-state index contributed by atoms with van der Waals surface area (Å²) in [5.74, 6) is -0.168. The molecule has 1 aliphatic rings. The lowest BCUT2D eigenvalue weighted by atomic mass is 9.99. The number of rotatable bonds is 73. The van der Waals surface area contributed by atoms with E-state index in [9.17, 15) is 35.1 Å². The number of amides is 1. The highest BCUT2D eigenvalue weighted by Crippen LogP contribution is 2.24. The molecule has 1 fully saturated rings. The fourth-order valence-electron chi connectivity index (χ4n) is 13.1. The smallest absolute Gasteiger partial charge is 0.305 e. The molecule has 1 heterocycles. The molecule has 0 aliphatic carbocycles. The molecule has 7 atom stereocenters. The predicted octanol–water partition coefficient (Wildman–Crippen LogP) is 22.1. The van der Waals surface area contributed by atoms with Crippen molar-refractivity contribution in [3.63, 3.8) is 0 Å². The number of aliphatic hydroxyl groups is 5. The average molecular weight is 1320 g/mol. The number of carbonyl (C=O) groups is 2. The highest BCUT2D eigenvalue weighted by molar-refractivity contribution is 5.76. The van der Waals surface area contributed by atoms with Crippen LogP contribution in [0.15, 0.2) is 36.5 Å². The van der Waals surface area contributed by atoms with Gasteiger partial charge in [0.25, 0.3) is 0 Å². The van der Waals surface area contributed by atoms with Gasteiger partial charge in [0, 0.05) is 12.8 Å². The number of esters is 1. The van der Waals surface area contributed by atoms with Crippen molar-refractivity contribution < 1.29 is 49.3 Å². The van der Waals surface area contributed by atoms with Crippen LogP contribution in [0.1, 0.15) is 412 Å². The Morgan fingerprint density at radius 1 is 0.387 bits per heavy atom. The van der Waals surface area contributed by atoms with Crippen molar-refractivity contribution in [2.45, 2.75) is 455 Å². The summed E-state index contributed by atoms with van der Waals surface area (Å²) in [7, 11) is 0. The molecule has 6 N–H and O–H groups in total. The summed E-state index contributed by atoms with van der Waals surface area (Å²) in [6.45, 7) is 4.33. The molecule has 0 aromatic rings. The summed E-state index contributed by atoms with van der Waals surface area (Å²) >= 11 is 0. The van der Waals surface area contributed by atoms with E-state index in [1.165, 1.54) is 321 Å². The lowest BCUT2D eigenvalue weighted by Crippen LogP contribution is -2.60. The number of nitrogens with one attached hydrogen (secondary N) is 1. The summed E-state index contributed by atoms with van der Waals surface area (Å²) in [5.41, 5.74) is 0. The SMILES string of the molecule is CCCC/C=C/CC/C=C/CC/C=C/C(O)C(COC1OC(CO)C(O)C(O)C1O)NC(=O)CCCCCCCCCCCCCCCCCCCCCCCCCCCCCCCCCCCCCCCCCOC(=O)CCCCCCCCCCCCCCCC. The van der Waals surface area contributed by atoms with Crippen LogP contribution in [0.25, 0.3) is 0 Å². The zero-order valence-corrected chi connectivity index (χ0v) is 61.2. The van der Waals surface area contributed by atoms with E-state index < -0.39 is 49.5 Å². The Morgan fingerprint density at radius 2 is 0.699 bits per heavy atom. The summed E-state index contributed by atoms with van der Waals surface area (Å²) in [5, 5.41) is 54.5. The van der Waals surface area contributed by atoms with Crippen molar-refractivity contribution in [2.75, 3.05) is 19.8 Å². The molecule has 11 heteroatoms. The monoisotopic (exact) mass is 1310 g/mol. The van der Waals surface area contributed by atoms with Gasteiger partial charge in [-0.15, -0.1) is 0 Å². The largest absolute Gasteiger partial charge is 0.466 e. The van der Waals surface area contributed by atoms with E-state index in [4.69, 9.17) is 14.2 Å². The topological polar surface area (TPSA) is 175 Å². The first-order chi connectivity index (χ1) is 45.7. The van der Waals surface area contributed by atoms with Crippen LogP contribution in [0.5, 0.6) is 0 Å². The molecule has 0 bridgehead atoms. The molecule has 1 saturated heterocycles. The minimum Gasteiger partial charge on any atom is -0.466 e. The van der Waals surface area contributed by atoms with Crippen LogP contribution in [-0.2, 0) is 23.8 Å². The van der Waals surface area contributed by atoms with Gasteiger partial charge in [0.05, 0.1) is 32.0 Å². The van der Waals surface area contributed by atoms with Crippen LogP contribution in [-0.4, -0.2) is 100 Å². The first-order valence-electron chi connectivity index (χ1n) is 40.8. The Hall–Kier alpha value is -2.12. The van der Waals surface area contributed by atoms with Gasteiger partial charge in [-0.2, -0.15) is 0 Å². The molecule has 7 unspecified atom stereocenters. The number of unbranched alkanes of at least 4 members (excludes halogenated alkanes) is 55. The first kappa shape index (κ1) is 88.9. The van der Waals surface area contributed by atoms with Gasteiger partial charge < -0.3 is 45.1 Å². The molecule has 93 heavy (non-hydrogen) atoms. The number of hydrogen-bond donors (Lipinski definition) is 6. The Balaban J connectivity index is 1.86. The van der Waals surface area contributed by atoms with Crippen molar-refractivity contribution in [3.8, 4) is 0 Å². The van der Waals surface area contributed by atoms with Crippen molar-refractivity contribution in [3.05, 3.63) is 36.5 Å². The van der Waals surface area contributed by atoms with E-state index in [2.05, 4.69) is 43.5 Å². The molecule has 0 radical (unpaired) electrons. The van der Waals surface area contributed by atoms with Gasteiger partial charge in [-0.05, 0) is 51.4 Å². The van der Waals surface area contributed by atoms with Gasteiger partial charge in [0.2, 0.25) is 5.91 Å². The zero-order valence-electron chi connectivity index (χ0n) is 61.2. The van der Waals surface area contributed by atoms with Crippen molar-refractivity contribution in [2.24, 2.45) is 0 Å². The predicted molar refractivity (Wildman–Crippen MR) is 394 cm³/mol. The van der Waals surface area contributed by atoms with E-state index in [0.717, 1.165) is 64.2 Å². The molecule has 0 saturated carbocycles. The quantitative estimate of drug-likeness (QED) is 0.0195. The molecule has 0 aromatic carbocycles. The van der Waals surface area contributed by atoms with E-state index in [1.54, 1.807) is 6.08 Å². The van der Waals surface area contributed by atoms with Crippen LogP contribution < -0.4 is 5.32 Å². The standard InChI is InChI=1S/C82H155NO10/c1-3-5-7-9-11-13-15-17-46-50-54-58-62-66-70-78(87)91-71-67-63-59-55-51-47-44-42-40-38-36-34-32-30-28-26-24-22-20-18-19-21-23-25-27-29-31-33-35-37-39-41-43-45-49-53-57-61-65-69-77(86)83-74(73-92-82-81(90)80(89)79(88)76(72-84)93-82)75(85)68-64-60-56-52-48-16-14-12-10-8-6-4-2/h10,12,48,52,64,68,74-76,79-82,84-85,88-90H,3-9,11,13-47,49-51,53-63,65-67,69-73H2,1-2H3,(H,83,86)/b12-10+,52-48+,68-64+. The van der Waals surface area contributed by atoms with Crippen LogP contribution in [0, 0.1) is 0 Å². The number of hydrogen-bond acceptors (Lipinski definition) is 10. The highest BCUT2D eigenvalue weighted by atomic mass is 16.7. The summed E-state index contributed by atoms with van der Waals surface area (Å²) in [6.07, 6.45) is 83.5. The minimum atomic E-state index is -1.58. The van der Waals surface area contributed by atoms with Gasteiger partial charge in [-0.3, -0.25) is 9.59 Å². The summed E-state index contributed by atoms with van der Waals surface area (Å²) in [6, 6.07) is -0.830. The van der Waals surface area contributed by atoms with Crippen molar-refractivity contribution in [1.29, 1.82) is 0 Å². The Kier molecular flexibility index (Phi) is 68.0. The number of allylic oxidation sites excluding steroid dienone is 5. The molecule has 0 aromatic heterocycles. The third-order valence-corrected chi connectivity index (χ3v) is 19.5. The molecular weight excluding hydrogens is 1160 g/mol. The number of aliphatic hydroxyl groups excluding tert-OH is 5. The minimum absolute atomic E-state index is 0.0211. The first-order valence-corrected chi connectivity index (χ1v) is 40.8. The molecule has 1 aliphatic heterocycles. The normalized spacial score (nSPS) is 17.6. The molecule has 0 spiro atoms. The fourth-order valence-corrected chi connectivity index (χ4v) is 13.1. The number of carbonyl (C=O) groups excluding carboxylic acids is 2. The Bertz CT molecular complexity index is 1640. The van der Waals surface area contributed by atoms with E-state index in [-0.39, 0.29) is 18.5 Å². The average Bonchev–Trinajstić information content (AvgIpc) is 2.25. The second-order valence-corrected chi connectivity index (χ2v) is 28.5. The van der Waals surface area contributed by atoms with Crippen molar-refractivity contribution in [1.82, 2.24) is 5.32 Å². The molecule has 1 amide bonds. The lowest BCUT2D eigenvalue weighted by molar-refractivity contribution is -0.302. The second kappa shape index (κ2) is 71.2. The molecule has 548 valence electrons. The Morgan fingerprint density at radius 3 is 1.05 bits per heavy atom. The summed E-state index contributed by atoms with van der Waals surface area (Å²) in [4.78, 5) is 25.2. The van der Waals surface area contributed by atoms with Gasteiger partial charge in [0.15, 0.2) is 6.29 Å². The Labute approximate surface area is 574 Å². The molecule has 11 nitrogen and oxygen atoms in total. The second-order valence-electron chi connectivity index (χ2n) is 28.5. The van der Waals surface area contributed by atoms with E-state index in [1.807, 2.05) is 6.08 Å². The maximum Gasteiger partial charge on any atom is 0.305 e. The lowest BCUT2D eigenvalue weighted by Gasteiger charge is -2.40. The molecular formula is C82H155NO10. The van der Waals surface area contributed by atoms with Gasteiger partial charge in [-0.25, -0.2) is 0 Å². The maximum absolute atomic E-state index is 13.1. The fraction of sp³-hybridized carbons (Fsp3) is 0.902. The van der Waals surface area contributed by atoms with Crippen LogP contribution >= 0.6 is 0 Å². The third kappa shape index (κ3) is 59.6. The van der Waals surface area contributed by atoms with Crippen molar-refractivity contribution >= 4 is 11.9 Å². The summed E-state index contributed by atoms with van der Waals surface area (Å²) < 4.78 is 16.8. The third-order valence-electron chi connectivity index (χ3n) is 19.5.